The highest BCUT2D eigenvalue weighted by Gasteiger charge is 2.26. The predicted octanol–water partition coefficient (Wildman–Crippen LogP) is 4.63. The van der Waals surface area contributed by atoms with Crippen LogP contribution in [0.2, 0.25) is 5.02 Å². The van der Waals surface area contributed by atoms with E-state index in [2.05, 4.69) is 21.9 Å². The molecule has 0 bridgehead atoms. The van der Waals surface area contributed by atoms with Crippen molar-refractivity contribution >= 4 is 11.6 Å². The number of methoxy groups -OCH3 is 2. The number of ether oxygens (including phenoxy) is 2. The quantitative estimate of drug-likeness (QED) is 0.688. The number of piperidine rings is 1. The first-order chi connectivity index (χ1) is 14.2. The van der Waals surface area contributed by atoms with Crippen molar-refractivity contribution in [3.8, 4) is 11.5 Å². The molecule has 29 heavy (non-hydrogen) atoms. The Hall–Kier alpha value is -1.75. The van der Waals surface area contributed by atoms with Crippen LogP contribution in [0.25, 0.3) is 0 Å². The van der Waals surface area contributed by atoms with Crippen molar-refractivity contribution in [3.05, 3.63) is 58.1 Å². The fraction of sp³-hybridized carbons (Fsp3) is 0.500. The highest BCUT2D eigenvalue weighted by molar-refractivity contribution is 6.30. The smallest absolute Gasteiger partial charge is 0.123 e. The summed E-state index contributed by atoms with van der Waals surface area (Å²) in [5.74, 6) is 2.75. The Morgan fingerprint density at radius 3 is 2.34 bits per heavy atom. The number of nitrogens with zero attached hydrogens (tertiary/aromatic N) is 2. The maximum atomic E-state index is 6.13. The van der Waals surface area contributed by atoms with Crippen LogP contribution in [0.5, 0.6) is 11.5 Å². The summed E-state index contributed by atoms with van der Waals surface area (Å²) in [6, 6.07) is 12.3. The first kappa shape index (κ1) is 20.5. The van der Waals surface area contributed by atoms with Crippen molar-refractivity contribution in [2.45, 2.75) is 32.4 Å². The molecule has 0 aliphatic carbocycles. The van der Waals surface area contributed by atoms with E-state index in [0.29, 0.717) is 0 Å². The predicted molar refractivity (Wildman–Crippen MR) is 118 cm³/mol. The number of benzene rings is 2. The second-order valence-electron chi connectivity index (χ2n) is 8.26. The molecule has 1 fully saturated rings. The molecule has 4 nitrogen and oxygen atoms in total. The molecular formula is C24H31ClN2O2. The van der Waals surface area contributed by atoms with Crippen LogP contribution in [0.3, 0.4) is 0 Å². The van der Waals surface area contributed by atoms with Crippen molar-refractivity contribution < 1.29 is 9.47 Å². The average molecular weight is 415 g/mol. The number of halogens is 1. The van der Waals surface area contributed by atoms with E-state index in [1.165, 1.54) is 49.2 Å². The number of fused-ring (bicyclic) bond motifs is 1. The second kappa shape index (κ2) is 9.38. The van der Waals surface area contributed by atoms with Gasteiger partial charge >= 0.3 is 0 Å². The van der Waals surface area contributed by atoms with E-state index in [9.17, 15) is 0 Å². The van der Waals surface area contributed by atoms with E-state index in [0.717, 1.165) is 48.5 Å². The zero-order chi connectivity index (χ0) is 20.2. The fourth-order valence-corrected chi connectivity index (χ4v) is 5.01. The Morgan fingerprint density at radius 1 is 0.931 bits per heavy atom. The molecule has 0 N–H and O–H groups in total. The summed E-state index contributed by atoms with van der Waals surface area (Å²) in [6.07, 6.45) is 3.56. The van der Waals surface area contributed by atoms with Crippen LogP contribution in [-0.2, 0) is 19.5 Å². The maximum absolute atomic E-state index is 6.13. The van der Waals surface area contributed by atoms with Gasteiger partial charge in [-0.1, -0.05) is 23.7 Å². The third-order valence-electron chi connectivity index (χ3n) is 6.36. The Morgan fingerprint density at radius 2 is 1.66 bits per heavy atom. The Bertz CT molecular complexity index is 834. The molecule has 2 aliphatic rings. The van der Waals surface area contributed by atoms with Crippen LogP contribution < -0.4 is 9.47 Å². The van der Waals surface area contributed by atoms with Gasteiger partial charge in [0.25, 0.3) is 0 Å². The molecule has 2 aromatic rings. The van der Waals surface area contributed by atoms with Crippen LogP contribution in [0.15, 0.2) is 36.4 Å². The standard InChI is InChI=1S/C24H31ClN2O2/c1-28-23-6-7-24(29-2)22-17-27(13-10-21(22)23)15-18-8-11-26(12-9-18)16-19-4-3-5-20(25)14-19/h3-7,14,18H,8-13,15-17H2,1-2H3. The molecule has 0 saturated carbocycles. The highest BCUT2D eigenvalue weighted by Crippen LogP contribution is 2.35. The molecule has 5 heteroatoms. The molecule has 2 heterocycles. The van der Waals surface area contributed by atoms with E-state index < -0.39 is 0 Å². The van der Waals surface area contributed by atoms with Gasteiger partial charge in [0, 0.05) is 42.3 Å². The van der Waals surface area contributed by atoms with Gasteiger partial charge < -0.3 is 9.47 Å². The lowest BCUT2D eigenvalue weighted by Gasteiger charge is -2.37. The Labute approximate surface area is 179 Å². The normalized spacial score (nSPS) is 18.4. The highest BCUT2D eigenvalue weighted by atomic mass is 35.5. The molecule has 0 radical (unpaired) electrons. The molecule has 1 saturated heterocycles. The zero-order valence-corrected chi connectivity index (χ0v) is 18.3. The molecule has 2 aromatic carbocycles. The molecule has 156 valence electrons. The largest absolute Gasteiger partial charge is 0.496 e. The van der Waals surface area contributed by atoms with Gasteiger partial charge in [-0.25, -0.2) is 0 Å². The van der Waals surface area contributed by atoms with Gasteiger partial charge in [0.05, 0.1) is 14.2 Å². The Balaban J connectivity index is 1.31. The monoisotopic (exact) mass is 414 g/mol. The molecule has 4 rings (SSSR count). The van der Waals surface area contributed by atoms with Gasteiger partial charge in [-0.05, 0) is 68.1 Å². The average Bonchev–Trinajstić information content (AvgIpc) is 2.74. The van der Waals surface area contributed by atoms with Gasteiger partial charge in [0.2, 0.25) is 0 Å². The first-order valence-corrected chi connectivity index (χ1v) is 11.0. The van der Waals surface area contributed by atoms with Gasteiger partial charge in [0.15, 0.2) is 0 Å². The summed E-state index contributed by atoms with van der Waals surface area (Å²) in [4.78, 5) is 5.16. The molecule has 0 amide bonds. The molecule has 0 aromatic heterocycles. The van der Waals surface area contributed by atoms with Crippen LogP contribution in [0, 0.1) is 5.92 Å². The van der Waals surface area contributed by atoms with E-state index in [4.69, 9.17) is 21.1 Å². The lowest BCUT2D eigenvalue weighted by Crippen LogP contribution is -2.40. The van der Waals surface area contributed by atoms with Gasteiger partial charge in [0.1, 0.15) is 11.5 Å². The summed E-state index contributed by atoms with van der Waals surface area (Å²) in [5.41, 5.74) is 3.93. The maximum Gasteiger partial charge on any atom is 0.123 e. The van der Waals surface area contributed by atoms with Crippen molar-refractivity contribution in [1.29, 1.82) is 0 Å². The first-order valence-electron chi connectivity index (χ1n) is 10.6. The van der Waals surface area contributed by atoms with Crippen LogP contribution in [0.1, 0.15) is 29.5 Å². The van der Waals surface area contributed by atoms with E-state index in [-0.39, 0.29) is 0 Å². The van der Waals surface area contributed by atoms with Crippen molar-refractivity contribution in [2.75, 3.05) is 40.4 Å². The topological polar surface area (TPSA) is 24.9 Å². The van der Waals surface area contributed by atoms with Crippen molar-refractivity contribution in [3.63, 3.8) is 0 Å². The minimum Gasteiger partial charge on any atom is -0.496 e. The summed E-state index contributed by atoms with van der Waals surface area (Å²) in [7, 11) is 3.52. The summed E-state index contributed by atoms with van der Waals surface area (Å²) < 4.78 is 11.2. The minimum absolute atomic E-state index is 0.767. The van der Waals surface area contributed by atoms with Gasteiger partial charge in [-0.3, -0.25) is 9.80 Å². The summed E-state index contributed by atoms with van der Waals surface area (Å²) in [5, 5.41) is 0.829. The van der Waals surface area contributed by atoms with Gasteiger partial charge in [-0.2, -0.15) is 0 Å². The molecule has 0 atom stereocenters. The number of hydrogen-bond donors (Lipinski definition) is 0. The van der Waals surface area contributed by atoms with Crippen LogP contribution >= 0.6 is 11.6 Å². The SMILES string of the molecule is COc1ccc(OC)c2c1CCN(CC1CCN(Cc3cccc(Cl)c3)CC1)C2. The minimum atomic E-state index is 0.767. The molecular weight excluding hydrogens is 384 g/mol. The number of rotatable bonds is 6. The van der Waals surface area contributed by atoms with Crippen molar-refractivity contribution in [2.24, 2.45) is 5.92 Å². The number of likely N-dealkylation sites (tertiary alicyclic amines) is 1. The van der Waals surface area contributed by atoms with Crippen LogP contribution in [-0.4, -0.2) is 50.2 Å². The van der Waals surface area contributed by atoms with E-state index >= 15 is 0 Å². The van der Waals surface area contributed by atoms with E-state index in [1.807, 2.05) is 24.3 Å². The van der Waals surface area contributed by atoms with Crippen LogP contribution in [0.4, 0.5) is 0 Å². The third-order valence-corrected chi connectivity index (χ3v) is 6.60. The molecule has 0 unspecified atom stereocenters. The summed E-state index contributed by atoms with van der Waals surface area (Å²) in [6.45, 7) is 6.56. The third kappa shape index (κ3) is 4.88. The fourth-order valence-electron chi connectivity index (χ4n) is 4.79. The van der Waals surface area contributed by atoms with Gasteiger partial charge in [-0.15, -0.1) is 0 Å². The van der Waals surface area contributed by atoms with E-state index in [1.54, 1.807) is 14.2 Å². The lowest BCUT2D eigenvalue weighted by molar-refractivity contribution is 0.131. The lowest BCUT2D eigenvalue weighted by atomic mass is 9.93. The Kier molecular flexibility index (Phi) is 6.63. The molecule has 2 aliphatic heterocycles. The van der Waals surface area contributed by atoms with Crippen molar-refractivity contribution in [1.82, 2.24) is 9.80 Å². The second-order valence-corrected chi connectivity index (χ2v) is 8.70. The molecule has 0 spiro atoms. The summed E-state index contributed by atoms with van der Waals surface area (Å²) >= 11 is 6.13. The zero-order valence-electron chi connectivity index (χ0n) is 17.5. The number of hydrogen-bond acceptors (Lipinski definition) is 4.